The number of ketones is 1. The molecular weight excluding hydrogens is 459 g/mol. The van der Waals surface area contributed by atoms with Gasteiger partial charge in [0.1, 0.15) is 12.4 Å². The first-order valence-corrected chi connectivity index (χ1v) is 12.3. The first-order valence-electron chi connectivity index (χ1n) is 12.3. The van der Waals surface area contributed by atoms with Gasteiger partial charge in [-0.05, 0) is 44.2 Å². The number of nitrogen functional groups attached to an aromatic ring is 1. The Balaban J connectivity index is 1.49. The van der Waals surface area contributed by atoms with Crippen molar-refractivity contribution < 1.29 is 13.9 Å². The molecule has 1 saturated heterocycles. The Kier molecular flexibility index (Phi) is 6.93. The number of Topliss-reactive ketones (excluding diaryl/α,β-unsaturated/α-hetero) is 1. The van der Waals surface area contributed by atoms with Crippen molar-refractivity contribution in [3.05, 3.63) is 65.0 Å². The summed E-state index contributed by atoms with van der Waals surface area (Å²) in [6, 6.07) is 9.04. The third kappa shape index (κ3) is 4.94. The van der Waals surface area contributed by atoms with Crippen LogP contribution in [0.3, 0.4) is 0 Å². The normalized spacial score (nSPS) is 18.8. The number of piperazine rings is 1. The van der Waals surface area contributed by atoms with E-state index in [4.69, 9.17) is 10.5 Å². The number of pyridine rings is 1. The van der Waals surface area contributed by atoms with Crippen LogP contribution >= 0.6 is 0 Å². The second-order valence-corrected chi connectivity index (χ2v) is 9.57. The molecule has 1 aromatic carbocycles. The molecule has 8 nitrogen and oxygen atoms in total. The van der Waals surface area contributed by atoms with Crippen LogP contribution in [0.2, 0.25) is 0 Å². The molecule has 5 rings (SSSR count). The number of carbonyl (C=O) groups excluding carboxylic acids is 1. The molecule has 1 aliphatic heterocycles. The lowest BCUT2D eigenvalue weighted by Gasteiger charge is -2.32. The van der Waals surface area contributed by atoms with Gasteiger partial charge in [-0.2, -0.15) is 4.39 Å². The molecule has 1 aliphatic carbocycles. The SMILES string of the molecule is Cc1nc(N)nc2c1C(=O)CC(c1c(OCCN3CCN(C)CC3)cccc1-c1cccnc1F)C2. The van der Waals surface area contributed by atoms with Crippen molar-refractivity contribution in [1.82, 2.24) is 24.8 Å². The summed E-state index contributed by atoms with van der Waals surface area (Å²) in [5.74, 6) is -0.0325. The molecule has 0 bridgehead atoms. The van der Waals surface area contributed by atoms with Crippen LogP contribution in [0.15, 0.2) is 36.5 Å². The lowest BCUT2D eigenvalue weighted by atomic mass is 9.78. The van der Waals surface area contributed by atoms with Gasteiger partial charge in [0, 0.05) is 62.4 Å². The average molecular weight is 491 g/mol. The van der Waals surface area contributed by atoms with Gasteiger partial charge in [-0.3, -0.25) is 9.69 Å². The number of fused-ring (bicyclic) bond motifs is 1. The van der Waals surface area contributed by atoms with Crippen molar-refractivity contribution in [2.75, 3.05) is 52.1 Å². The van der Waals surface area contributed by atoms with Gasteiger partial charge >= 0.3 is 0 Å². The van der Waals surface area contributed by atoms with Gasteiger partial charge in [0.2, 0.25) is 11.9 Å². The number of nitrogens with two attached hydrogens (primary N) is 1. The number of halogens is 1. The maximum atomic E-state index is 14.8. The van der Waals surface area contributed by atoms with Crippen LogP contribution in [-0.2, 0) is 6.42 Å². The predicted octanol–water partition coefficient (Wildman–Crippen LogP) is 3.11. The molecule has 2 aliphatic rings. The standard InChI is InChI=1S/C27H31FN6O2/c1-17-24-21(32-27(29)31-17)15-18(16-22(24)35)25-19(20-6-4-8-30-26(20)28)5-3-7-23(25)36-14-13-34-11-9-33(2)10-12-34/h3-8,18H,9-16H2,1-2H3,(H2,29,31,32). The minimum atomic E-state index is -0.557. The molecular formula is C27H31FN6O2. The summed E-state index contributed by atoms with van der Waals surface area (Å²) in [5.41, 5.74) is 9.54. The van der Waals surface area contributed by atoms with E-state index < -0.39 is 5.95 Å². The zero-order valence-electron chi connectivity index (χ0n) is 20.7. The Morgan fingerprint density at radius 1 is 1.08 bits per heavy atom. The van der Waals surface area contributed by atoms with Gasteiger partial charge in [0.15, 0.2) is 5.78 Å². The summed E-state index contributed by atoms with van der Waals surface area (Å²) in [5, 5.41) is 0. The van der Waals surface area contributed by atoms with Gasteiger partial charge in [0.05, 0.1) is 17.0 Å². The van der Waals surface area contributed by atoms with Crippen molar-refractivity contribution in [2.45, 2.75) is 25.7 Å². The Labute approximate surface area is 210 Å². The Morgan fingerprint density at radius 3 is 2.64 bits per heavy atom. The number of benzene rings is 1. The van der Waals surface area contributed by atoms with Crippen LogP contribution in [-0.4, -0.2) is 76.9 Å². The number of anilines is 1. The molecule has 0 radical (unpaired) electrons. The van der Waals surface area contributed by atoms with Crippen molar-refractivity contribution in [1.29, 1.82) is 0 Å². The molecule has 2 aromatic heterocycles. The Hall–Kier alpha value is -3.43. The summed E-state index contributed by atoms with van der Waals surface area (Å²) in [6.45, 7) is 7.16. The highest BCUT2D eigenvalue weighted by Gasteiger charge is 2.33. The van der Waals surface area contributed by atoms with E-state index in [1.54, 1.807) is 19.1 Å². The summed E-state index contributed by atoms with van der Waals surface area (Å²) in [4.78, 5) is 30.3. The molecule has 3 heterocycles. The summed E-state index contributed by atoms with van der Waals surface area (Å²) >= 11 is 0. The predicted molar refractivity (Wildman–Crippen MR) is 136 cm³/mol. The third-order valence-electron chi connectivity index (χ3n) is 7.12. The largest absolute Gasteiger partial charge is 0.492 e. The van der Waals surface area contributed by atoms with E-state index in [-0.39, 0.29) is 24.1 Å². The summed E-state index contributed by atoms with van der Waals surface area (Å²) < 4.78 is 21.2. The zero-order chi connectivity index (χ0) is 25.2. The zero-order valence-corrected chi connectivity index (χ0v) is 20.7. The summed E-state index contributed by atoms with van der Waals surface area (Å²) in [7, 11) is 2.13. The molecule has 3 aromatic rings. The highest BCUT2D eigenvalue weighted by Crippen LogP contribution is 2.43. The molecule has 0 amide bonds. The van der Waals surface area contributed by atoms with E-state index >= 15 is 0 Å². The molecule has 0 saturated carbocycles. The van der Waals surface area contributed by atoms with Crippen LogP contribution in [0, 0.1) is 12.9 Å². The number of hydrogen-bond acceptors (Lipinski definition) is 8. The molecule has 2 N–H and O–H groups in total. The van der Waals surface area contributed by atoms with E-state index in [9.17, 15) is 9.18 Å². The number of carbonyl (C=O) groups is 1. The Bertz CT molecular complexity index is 1280. The van der Waals surface area contributed by atoms with E-state index in [0.717, 1.165) is 38.3 Å². The fourth-order valence-electron chi connectivity index (χ4n) is 5.27. The average Bonchev–Trinajstić information content (AvgIpc) is 2.84. The molecule has 188 valence electrons. The minimum absolute atomic E-state index is 0.0383. The smallest absolute Gasteiger partial charge is 0.220 e. The molecule has 1 unspecified atom stereocenters. The van der Waals surface area contributed by atoms with Crippen LogP contribution in [0.1, 0.15) is 39.6 Å². The van der Waals surface area contributed by atoms with Crippen molar-refractivity contribution in [3.8, 4) is 16.9 Å². The number of aromatic nitrogens is 3. The van der Waals surface area contributed by atoms with Gasteiger partial charge in [0.25, 0.3) is 0 Å². The first kappa shape index (κ1) is 24.3. The van der Waals surface area contributed by atoms with Gasteiger partial charge in [-0.15, -0.1) is 0 Å². The molecule has 9 heteroatoms. The van der Waals surface area contributed by atoms with E-state index in [1.807, 2.05) is 18.2 Å². The maximum Gasteiger partial charge on any atom is 0.220 e. The quantitative estimate of drug-likeness (QED) is 0.527. The minimum Gasteiger partial charge on any atom is -0.492 e. The molecule has 1 fully saturated rings. The van der Waals surface area contributed by atoms with Crippen LogP contribution < -0.4 is 10.5 Å². The van der Waals surface area contributed by atoms with Gasteiger partial charge < -0.3 is 15.4 Å². The molecule has 36 heavy (non-hydrogen) atoms. The van der Waals surface area contributed by atoms with E-state index in [0.29, 0.717) is 46.9 Å². The van der Waals surface area contributed by atoms with Crippen molar-refractivity contribution in [3.63, 3.8) is 0 Å². The highest BCUT2D eigenvalue weighted by molar-refractivity contribution is 6.00. The van der Waals surface area contributed by atoms with Crippen molar-refractivity contribution in [2.24, 2.45) is 0 Å². The monoisotopic (exact) mass is 490 g/mol. The van der Waals surface area contributed by atoms with Crippen LogP contribution in [0.5, 0.6) is 5.75 Å². The highest BCUT2D eigenvalue weighted by atomic mass is 19.1. The van der Waals surface area contributed by atoms with E-state index in [1.165, 1.54) is 6.20 Å². The van der Waals surface area contributed by atoms with Gasteiger partial charge in [-0.1, -0.05) is 12.1 Å². The van der Waals surface area contributed by atoms with E-state index in [2.05, 4.69) is 31.8 Å². The van der Waals surface area contributed by atoms with Crippen LogP contribution in [0.25, 0.3) is 11.1 Å². The maximum absolute atomic E-state index is 14.8. The number of rotatable bonds is 6. The van der Waals surface area contributed by atoms with Crippen LogP contribution in [0.4, 0.5) is 10.3 Å². The lowest BCUT2D eigenvalue weighted by molar-refractivity contribution is 0.0961. The second-order valence-electron chi connectivity index (χ2n) is 9.57. The van der Waals surface area contributed by atoms with Gasteiger partial charge in [-0.25, -0.2) is 15.0 Å². The fraction of sp³-hybridized carbons (Fsp3) is 0.407. The summed E-state index contributed by atoms with van der Waals surface area (Å²) in [6.07, 6.45) is 2.18. The second kappa shape index (κ2) is 10.3. The first-order chi connectivity index (χ1) is 17.4. The number of nitrogens with zero attached hydrogens (tertiary/aromatic N) is 5. The number of ether oxygens (including phenoxy) is 1. The topological polar surface area (TPSA) is 97.5 Å². The molecule has 0 spiro atoms. The number of hydrogen-bond donors (Lipinski definition) is 1. The number of likely N-dealkylation sites (N-methyl/N-ethyl adjacent to an activating group) is 1. The fourth-order valence-corrected chi connectivity index (χ4v) is 5.27. The number of aryl methyl sites for hydroxylation is 1. The van der Waals surface area contributed by atoms with Crippen molar-refractivity contribution >= 4 is 11.7 Å². The lowest BCUT2D eigenvalue weighted by Crippen LogP contribution is -2.45. The Morgan fingerprint density at radius 2 is 1.86 bits per heavy atom. The molecule has 1 atom stereocenters. The third-order valence-corrected chi connectivity index (χ3v) is 7.12.